The van der Waals surface area contributed by atoms with Gasteiger partial charge in [-0.05, 0) is 56.2 Å². The Balaban J connectivity index is 0.00000172. The second-order valence-electron chi connectivity index (χ2n) is 12.9. The highest BCUT2D eigenvalue weighted by Crippen LogP contribution is 2.37. The van der Waals surface area contributed by atoms with Gasteiger partial charge in [-0.3, -0.25) is 14.6 Å². The molecule has 1 aliphatic rings. The Bertz CT molecular complexity index is 2000. The van der Waals surface area contributed by atoms with Crippen molar-refractivity contribution >= 4 is 28.5 Å². The van der Waals surface area contributed by atoms with Crippen molar-refractivity contribution in [1.29, 1.82) is 0 Å². The maximum atomic E-state index is 15.6. The number of carboxylic acid groups (broad SMARTS) is 1. The Kier molecular flexibility index (Phi) is 17.2. The number of carbonyl (C=O) groups is 2. The van der Waals surface area contributed by atoms with E-state index >= 15 is 4.39 Å². The first-order valence-electron chi connectivity index (χ1n) is 18.9. The molecule has 2 N–H and O–H groups in total. The molecule has 9 nitrogen and oxygen atoms in total. The van der Waals surface area contributed by atoms with Crippen LogP contribution in [0.5, 0.6) is 0 Å². The molecule has 2 aromatic heterocycles. The number of rotatable bonds is 10. The van der Waals surface area contributed by atoms with Crippen molar-refractivity contribution in [2.45, 2.75) is 106 Å². The molecule has 14 heteroatoms. The second kappa shape index (κ2) is 20.4. The number of aromatic nitrogens is 2. The molecular formula is C42H55F5N4O5. The predicted molar refractivity (Wildman–Crippen MR) is 212 cm³/mol. The Morgan fingerprint density at radius 2 is 1.66 bits per heavy atom. The number of alkyl halides is 4. The third-order valence-corrected chi connectivity index (χ3v) is 8.95. The Labute approximate surface area is 325 Å². The summed E-state index contributed by atoms with van der Waals surface area (Å²) in [5, 5.41) is 12.8. The highest BCUT2D eigenvalue weighted by atomic mass is 19.3. The summed E-state index contributed by atoms with van der Waals surface area (Å²) in [6.45, 7) is 17.0. The summed E-state index contributed by atoms with van der Waals surface area (Å²) < 4.78 is 79.5. The number of morpholine rings is 1. The number of aryl methyl sites for hydroxylation is 2. The third kappa shape index (κ3) is 11.1. The maximum Gasteiger partial charge on any atom is 0.326 e. The van der Waals surface area contributed by atoms with Crippen LogP contribution < -0.4 is 15.8 Å². The minimum atomic E-state index is -3.37. The molecule has 308 valence electrons. The van der Waals surface area contributed by atoms with E-state index < -0.39 is 64.7 Å². The summed E-state index contributed by atoms with van der Waals surface area (Å²) in [6.07, 6.45) is 0.595. The zero-order valence-corrected chi connectivity index (χ0v) is 34.1. The quantitative estimate of drug-likeness (QED) is 0.154. The summed E-state index contributed by atoms with van der Waals surface area (Å²) in [5.74, 6) is -9.75. The first-order chi connectivity index (χ1) is 26.4. The minimum Gasteiger partial charge on any atom is -0.480 e. The van der Waals surface area contributed by atoms with Gasteiger partial charge in [0.15, 0.2) is 0 Å². The molecule has 0 radical (unpaired) electrons. The summed E-state index contributed by atoms with van der Waals surface area (Å²) in [4.78, 5) is 45.1. The molecule has 0 saturated carbocycles. The molecule has 1 saturated heterocycles. The van der Waals surface area contributed by atoms with Crippen LogP contribution in [-0.4, -0.2) is 64.3 Å². The average Bonchev–Trinajstić information content (AvgIpc) is 3.15. The van der Waals surface area contributed by atoms with E-state index in [-0.39, 0.29) is 54.1 Å². The number of aliphatic carboxylic acids is 1. The SMILES string of the molecule is CC.CC.CC.Cc1cc(N2CCOC[C@H]2CC(C)(F)F)cc(F)c1C(=O)N[C@@H](Cc1ccc(-c2c(C(C)(F)F)cc(C)n(C)c2=O)c2ncccc12)C(=O)O. The number of carboxylic acids is 1. The van der Waals surface area contributed by atoms with Crippen LogP contribution in [0.3, 0.4) is 0 Å². The molecule has 2 atom stereocenters. The van der Waals surface area contributed by atoms with Crippen molar-refractivity contribution in [2.75, 3.05) is 24.7 Å². The van der Waals surface area contributed by atoms with Crippen LogP contribution in [-0.2, 0) is 28.9 Å². The summed E-state index contributed by atoms with van der Waals surface area (Å²) in [7, 11) is 1.47. The van der Waals surface area contributed by atoms with Gasteiger partial charge in [0, 0.05) is 67.4 Å². The molecule has 1 amide bonds. The van der Waals surface area contributed by atoms with Gasteiger partial charge >= 0.3 is 5.97 Å². The van der Waals surface area contributed by atoms with Crippen LogP contribution in [0.1, 0.15) is 94.6 Å². The molecular weight excluding hydrogens is 735 g/mol. The Hall–Kier alpha value is -4.85. The first kappa shape index (κ1) is 47.3. The lowest BCUT2D eigenvalue weighted by atomic mass is 9.91. The summed E-state index contributed by atoms with van der Waals surface area (Å²) in [6, 6.07) is 7.56. The zero-order chi connectivity index (χ0) is 42.7. The highest BCUT2D eigenvalue weighted by molar-refractivity contribution is 5.99. The van der Waals surface area contributed by atoms with Crippen LogP contribution in [0.2, 0.25) is 0 Å². The van der Waals surface area contributed by atoms with Gasteiger partial charge in [0.25, 0.3) is 17.4 Å². The number of hydrogen-bond donors (Lipinski definition) is 2. The number of nitrogens with one attached hydrogen (secondary N) is 1. The number of halogens is 5. The lowest BCUT2D eigenvalue weighted by Crippen LogP contribution is -2.48. The third-order valence-electron chi connectivity index (χ3n) is 8.95. The largest absolute Gasteiger partial charge is 0.480 e. The zero-order valence-electron chi connectivity index (χ0n) is 34.1. The molecule has 1 aliphatic heterocycles. The van der Waals surface area contributed by atoms with E-state index in [2.05, 4.69) is 10.3 Å². The monoisotopic (exact) mass is 790 g/mol. The van der Waals surface area contributed by atoms with Crippen molar-refractivity contribution in [3.8, 4) is 11.1 Å². The van der Waals surface area contributed by atoms with Gasteiger partial charge in [-0.15, -0.1) is 0 Å². The van der Waals surface area contributed by atoms with Crippen LogP contribution in [0.15, 0.2) is 53.5 Å². The second-order valence-corrected chi connectivity index (χ2v) is 12.9. The summed E-state index contributed by atoms with van der Waals surface area (Å²) in [5.41, 5.74) is -0.341. The fraction of sp³-hybridized carbons (Fsp3) is 0.476. The van der Waals surface area contributed by atoms with E-state index in [1.807, 2.05) is 41.5 Å². The minimum absolute atomic E-state index is 0.0196. The highest BCUT2D eigenvalue weighted by Gasteiger charge is 2.35. The number of benzene rings is 2. The van der Waals surface area contributed by atoms with Crippen molar-refractivity contribution in [2.24, 2.45) is 7.05 Å². The van der Waals surface area contributed by atoms with Gasteiger partial charge in [0.05, 0.1) is 35.9 Å². The lowest BCUT2D eigenvalue weighted by molar-refractivity contribution is -0.139. The number of amides is 1. The normalized spacial score (nSPS) is 14.6. The van der Waals surface area contributed by atoms with E-state index in [4.69, 9.17) is 4.74 Å². The first-order valence-corrected chi connectivity index (χ1v) is 18.9. The van der Waals surface area contributed by atoms with E-state index in [0.29, 0.717) is 23.6 Å². The fourth-order valence-electron chi connectivity index (χ4n) is 6.45. The van der Waals surface area contributed by atoms with Crippen molar-refractivity contribution < 1.29 is 41.4 Å². The maximum absolute atomic E-state index is 15.6. The van der Waals surface area contributed by atoms with Crippen LogP contribution in [0.4, 0.5) is 27.6 Å². The topological polar surface area (TPSA) is 114 Å². The molecule has 0 aliphatic carbocycles. The van der Waals surface area contributed by atoms with Crippen molar-refractivity contribution in [3.63, 3.8) is 0 Å². The number of nitrogens with zero attached hydrogens (tertiary/aromatic N) is 3. The number of fused-ring (bicyclic) bond motifs is 1. The van der Waals surface area contributed by atoms with Crippen LogP contribution >= 0.6 is 0 Å². The molecule has 0 unspecified atom stereocenters. The van der Waals surface area contributed by atoms with Gasteiger partial charge in [-0.2, -0.15) is 0 Å². The lowest BCUT2D eigenvalue weighted by Gasteiger charge is -2.38. The fourth-order valence-corrected chi connectivity index (χ4v) is 6.45. The molecule has 4 aromatic rings. The molecule has 56 heavy (non-hydrogen) atoms. The number of pyridine rings is 2. The van der Waals surface area contributed by atoms with Gasteiger partial charge < -0.3 is 24.6 Å². The molecule has 0 bridgehead atoms. The van der Waals surface area contributed by atoms with Crippen molar-refractivity contribution in [1.82, 2.24) is 14.9 Å². The molecule has 2 aromatic carbocycles. The van der Waals surface area contributed by atoms with E-state index in [1.165, 1.54) is 49.0 Å². The molecule has 3 heterocycles. The Morgan fingerprint density at radius 1 is 1.02 bits per heavy atom. The van der Waals surface area contributed by atoms with Gasteiger partial charge in [-0.25, -0.2) is 26.7 Å². The average molecular weight is 791 g/mol. The standard InChI is InChI=1S/C36H37F5N4O5.3C2H6/c1-19-13-22(45-11-12-50-18-23(45)17-35(3,38)39)16-27(37)29(19)32(46)43-28(34(48)49)15-21-8-9-25(31-24(21)7-6-10-42-31)30-26(36(4,40)41)14-20(2)44(5)33(30)47;3*1-2/h6-10,13-14,16,23,28H,11-12,15,17-18H2,1-5H3,(H,43,46)(H,48,49);3*1-2H3/t23-,28+;;;/m1.../s1. The number of anilines is 1. The Morgan fingerprint density at radius 3 is 2.23 bits per heavy atom. The van der Waals surface area contributed by atoms with Crippen LogP contribution in [0, 0.1) is 19.7 Å². The van der Waals surface area contributed by atoms with Crippen LogP contribution in [0.25, 0.3) is 22.0 Å². The molecule has 5 rings (SSSR count). The predicted octanol–water partition coefficient (Wildman–Crippen LogP) is 9.22. The molecule has 0 spiro atoms. The number of carbonyl (C=O) groups excluding carboxylic acids is 1. The molecule has 1 fully saturated rings. The van der Waals surface area contributed by atoms with E-state index in [1.54, 1.807) is 24.0 Å². The number of ether oxygens (including phenoxy) is 1. The van der Waals surface area contributed by atoms with E-state index in [9.17, 15) is 37.1 Å². The van der Waals surface area contributed by atoms with E-state index in [0.717, 1.165) is 13.0 Å². The van der Waals surface area contributed by atoms with Gasteiger partial charge in [-0.1, -0.05) is 59.7 Å². The van der Waals surface area contributed by atoms with Gasteiger partial charge in [0.2, 0.25) is 5.92 Å². The van der Waals surface area contributed by atoms with Crippen molar-refractivity contribution in [3.05, 3.63) is 92.8 Å². The number of hydrogen-bond acceptors (Lipinski definition) is 6. The van der Waals surface area contributed by atoms with Gasteiger partial charge in [0.1, 0.15) is 11.9 Å². The summed E-state index contributed by atoms with van der Waals surface area (Å²) >= 11 is 0. The smallest absolute Gasteiger partial charge is 0.326 e.